The molecule has 0 aromatic heterocycles. The quantitative estimate of drug-likeness (QED) is 0.497. The van der Waals surface area contributed by atoms with E-state index in [0.29, 0.717) is 3.57 Å². The Hall–Kier alpha value is -0.610. The fourth-order valence-corrected chi connectivity index (χ4v) is 2.05. The predicted octanol–water partition coefficient (Wildman–Crippen LogP) is 2.45. The lowest BCUT2D eigenvalue weighted by Crippen LogP contribution is -2.06. The van der Waals surface area contributed by atoms with Gasteiger partial charge in [0.25, 0.3) is 0 Å². The van der Waals surface area contributed by atoms with Crippen molar-refractivity contribution in [3.05, 3.63) is 26.8 Å². The minimum atomic E-state index is -0.207. The summed E-state index contributed by atoms with van der Waals surface area (Å²) < 4.78 is 0.668. The number of Topliss-reactive ketones (excluding diaryl/α,β-unsaturated/α-hetero) is 1. The van der Waals surface area contributed by atoms with Crippen molar-refractivity contribution in [1.29, 1.82) is 5.26 Å². The average Bonchev–Trinajstić information content (AvgIpc) is 2.19. The molecule has 0 unspecified atom stereocenters. The summed E-state index contributed by atoms with van der Waals surface area (Å²) in [7, 11) is 0. The van der Waals surface area contributed by atoms with Gasteiger partial charge in [-0.2, -0.15) is 5.26 Å². The van der Waals surface area contributed by atoms with Gasteiger partial charge in [0.2, 0.25) is 0 Å². The molecule has 1 aromatic rings. The molecule has 0 saturated heterocycles. The third-order valence-electron chi connectivity index (χ3n) is 1.64. The molecular weight excluding hydrogens is 361 g/mol. The largest absolute Gasteiger partial charge is 0.507 e. The molecule has 3 nitrogen and oxygen atoms in total. The molecule has 1 N–H and O–H groups in total. The van der Waals surface area contributed by atoms with E-state index in [9.17, 15) is 9.90 Å². The zero-order chi connectivity index (χ0) is 10.7. The fraction of sp³-hybridized carbons (Fsp3) is 0.111. The first-order valence-corrected chi connectivity index (χ1v) is 5.82. The Balaban J connectivity index is 3.47. The maximum Gasteiger partial charge on any atom is 0.175 e. The molecule has 0 aliphatic heterocycles. The molecule has 14 heavy (non-hydrogen) atoms. The molecule has 0 bridgehead atoms. The van der Waals surface area contributed by atoms with Gasteiger partial charge < -0.3 is 5.11 Å². The number of nitrogens with zero attached hydrogens (tertiary/aromatic N) is 1. The van der Waals surface area contributed by atoms with E-state index in [0.717, 1.165) is 0 Å². The molecule has 0 radical (unpaired) electrons. The van der Waals surface area contributed by atoms with Gasteiger partial charge >= 0.3 is 0 Å². The number of alkyl halides is 1. The fourth-order valence-electron chi connectivity index (χ4n) is 1.02. The number of halogens is 2. The normalized spacial score (nSPS) is 9.50. The summed E-state index contributed by atoms with van der Waals surface area (Å²) >= 11 is 4.99. The molecule has 0 heterocycles. The lowest BCUT2D eigenvalue weighted by atomic mass is 10.0. The molecular formula is C9H5BrINO2. The summed E-state index contributed by atoms with van der Waals surface area (Å²) in [6.07, 6.45) is 0. The van der Waals surface area contributed by atoms with Crippen LogP contribution in [0.4, 0.5) is 0 Å². The number of nitriles is 1. The van der Waals surface area contributed by atoms with Gasteiger partial charge in [-0.1, -0.05) is 15.9 Å². The van der Waals surface area contributed by atoms with Crippen molar-refractivity contribution in [2.75, 3.05) is 5.33 Å². The van der Waals surface area contributed by atoms with Crippen LogP contribution in [0.3, 0.4) is 0 Å². The number of rotatable bonds is 2. The molecule has 1 rings (SSSR count). The van der Waals surface area contributed by atoms with E-state index in [2.05, 4.69) is 15.9 Å². The van der Waals surface area contributed by atoms with Gasteiger partial charge in [-0.15, -0.1) is 0 Å². The van der Waals surface area contributed by atoms with Crippen LogP contribution < -0.4 is 0 Å². The first kappa shape index (κ1) is 11.5. The molecule has 72 valence electrons. The van der Waals surface area contributed by atoms with Crippen LogP contribution in [0.1, 0.15) is 15.9 Å². The van der Waals surface area contributed by atoms with Crippen molar-refractivity contribution in [2.24, 2.45) is 0 Å². The average molecular weight is 366 g/mol. The highest BCUT2D eigenvalue weighted by Crippen LogP contribution is 2.25. The number of phenols is 1. The first-order chi connectivity index (χ1) is 6.61. The third-order valence-corrected chi connectivity index (χ3v) is 3.05. The van der Waals surface area contributed by atoms with Gasteiger partial charge in [-0.05, 0) is 34.7 Å². The molecule has 0 aliphatic carbocycles. The zero-order valence-electron chi connectivity index (χ0n) is 6.92. The van der Waals surface area contributed by atoms with E-state index < -0.39 is 0 Å². The van der Waals surface area contributed by atoms with Crippen LogP contribution >= 0.6 is 38.5 Å². The molecule has 0 amide bonds. The lowest BCUT2D eigenvalue weighted by molar-refractivity contribution is 0.102. The second-order valence-electron chi connectivity index (χ2n) is 2.49. The van der Waals surface area contributed by atoms with Crippen LogP contribution in [-0.2, 0) is 0 Å². The topological polar surface area (TPSA) is 61.1 Å². The van der Waals surface area contributed by atoms with Gasteiger partial charge in [0.1, 0.15) is 17.4 Å². The Bertz CT molecular complexity index is 426. The predicted molar refractivity (Wildman–Crippen MR) is 63.7 cm³/mol. The maximum atomic E-state index is 11.5. The van der Waals surface area contributed by atoms with Crippen LogP contribution in [0.5, 0.6) is 5.75 Å². The number of carbonyl (C=O) groups excluding carboxylic acids is 1. The van der Waals surface area contributed by atoms with Crippen LogP contribution in [-0.4, -0.2) is 16.2 Å². The highest BCUT2D eigenvalue weighted by molar-refractivity contribution is 14.1. The molecule has 0 atom stereocenters. The van der Waals surface area contributed by atoms with Crippen LogP contribution in [0.25, 0.3) is 0 Å². The number of benzene rings is 1. The van der Waals surface area contributed by atoms with Gasteiger partial charge in [0, 0.05) is 3.57 Å². The van der Waals surface area contributed by atoms with Crippen molar-refractivity contribution in [2.45, 2.75) is 0 Å². The maximum absolute atomic E-state index is 11.5. The second-order valence-corrected chi connectivity index (χ2v) is 4.21. The van der Waals surface area contributed by atoms with E-state index in [1.165, 1.54) is 6.07 Å². The molecule has 0 spiro atoms. The highest BCUT2D eigenvalue weighted by Gasteiger charge is 2.17. The Morgan fingerprint density at radius 2 is 2.29 bits per heavy atom. The number of phenolic OH excluding ortho intramolecular Hbond substituents is 1. The van der Waals surface area contributed by atoms with Gasteiger partial charge in [0.15, 0.2) is 5.78 Å². The summed E-state index contributed by atoms with van der Waals surface area (Å²) in [5.74, 6) is -0.362. The number of carbonyl (C=O) groups is 1. The van der Waals surface area contributed by atoms with E-state index >= 15 is 0 Å². The number of aromatic hydroxyl groups is 1. The van der Waals surface area contributed by atoms with Crippen molar-refractivity contribution >= 4 is 44.3 Å². The number of hydrogen-bond donors (Lipinski definition) is 1. The Kier molecular flexibility index (Phi) is 3.89. The van der Waals surface area contributed by atoms with E-state index in [-0.39, 0.29) is 28.0 Å². The molecule has 1 aromatic carbocycles. The van der Waals surface area contributed by atoms with Crippen LogP contribution in [0.15, 0.2) is 12.1 Å². The number of ketones is 1. The van der Waals surface area contributed by atoms with Crippen molar-refractivity contribution in [3.63, 3.8) is 0 Å². The zero-order valence-corrected chi connectivity index (χ0v) is 10.7. The van der Waals surface area contributed by atoms with Gasteiger partial charge in [0.05, 0.1) is 10.9 Å². The number of hydrogen-bond acceptors (Lipinski definition) is 3. The van der Waals surface area contributed by atoms with E-state index in [1.54, 1.807) is 6.07 Å². The van der Waals surface area contributed by atoms with E-state index in [4.69, 9.17) is 5.26 Å². The molecule has 0 aliphatic rings. The van der Waals surface area contributed by atoms with E-state index in [1.807, 2.05) is 28.7 Å². The Labute approximate surface area is 103 Å². The summed E-state index contributed by atoms with van der Waals surface area (Å²) in [6, 6.07) is 4.84. The van der Waals surface area contributed by atoms with Gasteiger partial charge in [-0.25, -0.2) is 0 Å². The third kappa shape index (κ3) is 2.07. The summed E-state index contributed by atoms with van der Waals surface area (Å²) in [5, 5.41) is 18.3. The van der Waals surface area contributed by atoms with Crippen molar-refractivity contribution < 1.29 is 9.90 Å². The Morgan fingerprint density at radius 1 is 1.64 bits per heavy atom. The first-order valence-electron chi connectivity index (χ1n) is 3.62. The smallest absolute Gasteiger partial charge is 0.175 e. The monoisotopic (exact) mass is 365 g/mol. The Morgan fingerprint density at radius 3 is 2.79 bits per heavy atom. The molecule has 0 fully saturated rings. The van der Waals surface area contributed by atoms with Crippen LogP contribution in [0.2, 0.25) is 0 Å². The minimum absolute atomic E-state index is 0.0429. The SMILES string of the molecule is N#Cc1c(O)ccc(I)c1C(=O)CBr. The highest BCUT2D eigenvalue weighted by atomic mass is 127. The lowest BCUT2D eigenvalue weighted by Gasteiger charge is -2.05. The second kappa shape index (κ2) is 4.75. The molecule has 0 saturated carbocycles. The van der Waals surface area contributed by atoms with Gasteiger partial charge in [-0.3, -0.25) is 4.79 Å². The standard InChI is InChI=1S/C9H5BrINO2/c10-3-8(14)9-5(4-12)7(13)2-1-6(9)11/h1-2,13H,3H2. The van der Waals surface area contributed by atoms with Crippen molar-refractivity contribution in [3.8, 4) is 11.8 Å². The summed E-state index contributed by atoms with van der Waals surface area (Å²) in [5.41, 5.74) is 0.325. The van der Waals surface area contributed by atoms with Crippen LogP contribution in [0, 0.1) is 14.9 Å². The molecule has 5 heteroatoms. The summed E-state index contributed by atoms with van der Waals surface area (Å²) in [6.45, 7) is 0. The summed E-state index contributed by atoms with van der Waals surface area (Å²) in [4.78, 5) is 11.5. The van der Waals surface area contributed by atoms with Crippen molar-refractivity contribution in [1.82, 2.24) is 0 Å². The minimum Gasteiger partial charge on any atom is -0.507 e.